The topological polar surface area (TPSA) is 92.7 Å². The normalized spacial score (nSPS) is 17.4. The Morgan fingerprint density at radius 1 is 1.15 bits per heavy atom. The van der Waals surface area contributed by atoms with Crippen LogP contribution in [0.2, 0.25) is 0 Å². The molecule has 1 atom stereocenters. The van der Waals surface area contributed by atoms with Gasteiger partial charge in [0.1, 0.15) is 6.04 Å². The molecular formula is C15H17F3N2O4S2. The van der Waals surface area contributed by atoms with Crippen LogP contribution >= 0.6 is 0 Å². The van der Waals surface area contributed by atoms with E-state index >= 15 is 0 Å². The van der Waals surface area contributed by atoms with E-state index in [0.29, 0.717) is 5.56 Å². The Kier molecular flexibility index (Phi) is 6.77. The van der Waals surface area contributed by atoms with Gasteiger partial charge in [-0.3, -0.25) is 5.43 Å². The molecule has 0 fully saturated rings. The van der Waals surface area contributed by atoms with Crippen LogP contribution in [0.4, 0.5) is 13.2 Å². The summed E-state index contributed by atoms with van der Waals surface area (Å²) < 4.78 is 82.1. The molecule has 1 unspecified atom stereocenters. The van der Waals surface area contributed by atoms with Crippen molar-refractivity contribution in [1.82, 2.24) is 5.43 Å². The summed E-state index contributed by atoms with van der Waals surface area (Å²) in [5.74, 6) is 0. The molecule has 0 radical (unpaired) electrons. The van der Waals surface area contributed by atoms with Crippen LogP contribution in [0.5, 0.6) is 0 Å². The highest BCUT2D eigenvalue weighted by atomic mass is 32.2. The fourth-order valence-electron chi connectivity index (χ4n) is 1.83. The Balaban J connectivity index is 0.000000412. The van der Waals surface area contributed by atoms with Crippen molar-refractivity contribution < 1.29 is 30.0 Å². The van der Waals surface area contributed by atoms with Crippen LogP contribution in [0.25, 0.3) is 0 Å². The first-order valence-electron chi connectivity index (χ1n) is 7.04. The van der Waals surface area contributed by atoms with Crippen LogP contribution in [0.15, 0.2) is 58.2 Å². The van der Waals surface area contributed by atoms with Crippen LogP contribution in [-0.4, -0.2) is 34.1 Å². The van der Waals surface area contributed by atoms with Crippen LogP contribution in [-0.2, 0) is 19.7 Å². The zero-order valence-corrected chi connectivity index (χ0v) is 15.3. The molecule has 0 saturated heterocycles. The van der Waals surface area contributed by atoms with Gasteiger partial charge in [-0.05, 0) is 18.6 Å². The van der Waals surface area contributed by atoms with Gasteiger partial charge in [0.25, 0.3) is 0 Å². The van der Waals surface area contributed by atoms with Crippen LogP contribution in [0.1, 0.15) is 12.0 Å². The molecule has 1 heterocycles. The molecule has 2 rings (SSSR count). The second kappa shape index (κ2) is 8.04. The Labute approximate surface area is 149 Å². The zero-order valence-electron chi connectivity index (χ0n) is 13.7. The van der Waals surface area contributed by atoms with Gasteiger partial charge in [0.2, 0.25) is 9.84 Å². The van der Waals surface area contributed by atoms with Gasteiger partial charge in [-0.2, -0.15) is 18.3 Å². The number of rotatable bonds is 3. The molecule has 144 valence electrons. The van der Waals surface area contributed by atoms with Crippen LogP contribution < -0.4 is 5.43 Å². The summed E-state index contributed by atoms with van der Waals surface area (Å²) in [5, 5.41) is 4.54. The molecular weight excluding hydrogens is 393 g/mol. The van der Waals surface area contributed by atoms with Gasteiger partial charge < -0.3 is 0 Å². The molecule has 11 heteroatoms. The molecule has 1 aliphatic rings. The van der Waals surface area contributed by atoms with Gasteiger partial charge in [-0.1, -0.05) is 31.4 Å². The molecule has 1 N–H and O–H groups in total. The number of hydrazone groups is 1. The van der Waals surface area contributed by atoms with E-state index in [4.69, 9.17) is 0 Å². The van der Waals surface area contributed by atoms with Gasteiger partial charge in [-0.25, -0.2) is 16.8 Å². The predicted molar refractivity (Wildman–Crippen MR) is 92.7 cm³/mol. The molecule has 1 aromatic rings. The number of hydrogen-bond donors (Lipinski definition) is 1. The number of sulfone groups is 2. The molecule has 0 amide bonds. The highest BCUT2D eigenvalue weighted by Gasteiger charge is 2.45. The standard InChI is InChI=1S/C11H11F3N2O2S.C4H6O2S/c1-7-4-2-3-5-8(7)19(17,18)10-6-9(15-16-10)11(12,13)14;1-3-7(5,6)4-2/h2-5,9,15H,6H2,1H3;3-4H,1-2H2. The second-order valence-electron chi connectivity index (χ2n) is 5.12. The number of benzene rings is 1. The predicted octanol–water partition coefficient (Wildman–Crippen LogP) is 2.69. The van der Waals surface area contributed by atoms with Gasteiger partial charge in [-0.15, -0.1) is 0 Å². The number of nitrogens with zero attached hydrogens (tertiary/aromatic N) is 1. The molecule has 0 saturated carbocycles. The molecule has 0 bridgehead atoms. The lowest BCUT2D eigenvalue weighted by Crippen LogP contribution is -2.36. The first kappa shape index (κ1) is 21.9. The van der Waals surface area contributed by atoms with E-state index in [1.54, 1.807) is 19.1 Å². The summed E-state index contributed by atoms with van der Waals surface area (Å²) in [4.78, 5) is -0.0154. The van der Waals surface area contributed by atoms with E-state index in [-0.39, 0.29) is 4.90 Å². The third-order valence-electron chi connectivity index (χ3n) is 3.28. The number of halogens is 3. The summed E-state index contributed by atoms with van der Waals surface area (Å²) in [6.45, 7) is 7.67. The SMILES string of the molecule is C=CS(=O)(=O)C=C.Cc1ccccc1S(=O)(=O)C1=NNC(C(F)(F)F)C1. The minimum atomic E-state index is -4.52. The van der Waals surface area contributed by atoms with E-state index < -0.39 is 43.4 Å². The molecule has 0 aliphatic carbocycles. The molecule has 1 aliphatic heterocycles. The van der Waals surface area contributed by atoms with E-state index in [9.17, 15) is 30.0 Å². The monoisotopic (exact) mass is 410 g/mol. The molecule has 6 nitrogen and oxygen atoms in total. The summed E-state index contributed by atoms with van der Waals surface area (Å²) in [6, 6.07) is 4.16. The van der Waals surface area contributed by atoms with E-state index in [0.717, 1.165) is 10.8 Å². The lowest BCUT2D eigenvalue weighted by molar-refractivity contribution is -0.151. The lowest BCUT2D eigenvalue weighted by Gasteiger charge is -2.13. The first-order valence-corrected chi connectivity index (χ1v) is 10.1. The summed E-state index contributed by atoms with van der Waals surface area (Å²) in [6.07, 6.45) is -5.20. The summed E-state index contributed by atoms with van der Waals surface area (Å²) in [7, 11) is -7.10. The summed E-state index contributed by atoms with van der Waals surface area (Å²) in [5.41, 5.74) is 2.30. The number of aryl methyl sites for hydroxylation is 1. The van der Waals surface area contributed by atoms with E-state index in [1.807, 2.05) is 5.43 Å². The maximum atomic E-state index is 12.5. The van der Waals surface area contributed by atoms with Gasteiger partial charge in [0, 0.05) is 17.2 Å². The van der Waals surface area contributed by atoms with E-state index in [2.05, 4.69) is 18.3 Å². The highest BCUT2D eigenvalue weighted by Crippen LogP contribution is 2.29. The third kappa shape index (κ3) is 5.43. The lowest BCUT2D eigenvalue weighted by atomic mass is 10.2. The fraction of sp³-hybridized carbons (Fsp3) is 0.267. The number of alkyl halides is 3. The van der Waals surface area contributed by atoms with Crippen molar-refractivity contribution in [1.29, 1.82) is 0 Å². The smallest absolute Gasteiger partial charge is 0.296 e. The first-order chi connectivity index (χ1) is 11.8. The van der Waals surface area contributed by atoms with Crippen molar-refractivity contribution >= 4 is 24.7 Å². The molecule has 0 spiro atoms. The van der Waals surface area contributed by atoms with Crippen molar-refractivity contribution in [2.45, 2.75) is 30.5 Å². The van der Waals surface area contributed by atoms with Gasteiger partial charge >= 0.3 is 6.18 Å². The van der Waals surface area contributed by atoms with E-state index in [1.165, 1.54) is 12.1 Å². The van der Waals surface area contributed by atoms with Crippen molar-refractivity contribution in [2.24, 2.45) is 5.10 Å². The Morgan fingerprint density at radius 2 is 1.69 bits per heavy atom. The van der Waals surface area contributed by atoms with Crippen molar-refractivity contribution in [3.8, 4) is 0 Å². The highest BCUT2D eigenvalue weighted by molar-refractivity contribution is 8.06. The van der Waals surface area contributed by atoms with Crippen molar-refractivity contribution in [3.63, 3.8) is 0 Å². The fourth-order valence-corrected chi connectivity index (χ4v) is 3.53. The quantitative estimate of drug-likeness (QED) is 0.827. The Morgan fingerprint density at radius 3 is 2.08 bits per heavy atom. The minimum Gasteiger partial charge on any atom is -0.296 e. The van der Waals surface area contributed by atoms with Crippen molar-refractivity contribution in [2.75, 3.05) is 0 Å². The number of hydrogen-bond acceptors (Lipinski definition) is 6. The molecule has 0 aromatic heterocycles. The molecule has 26 heavy (non-hydrogen) atoms. The average molecular weight is 410 g/mol. The Hall–Kier alpha value is -2.14. The minimum absolute atomic E-state index is 0.0154. The van der Waals surface area contributed by atoms with Gasteiger partial charge in [0.15, 0.2) is 14.9 Å². The van der Waals surface area contributed by atoms with Crippen LogP contribution in [0.3, 0.4) is 0 Å². The second-order valence-corrected chi connectivity index (χ2v) is 8.89. The maximum absolute atomic E-state index is 12.5. The zero-order chi connectivity index (χ0) is 20.2. The number of nitrogens with one attached hydrogen (secondary N) is 1. The van der Waals surface area contributed by atoms with Crippen molar-refractivity contribution in [3.05, 3.63) is 53.8 Å². The van der Waals surface area contributed by atoms with Gasteiger partial charge in [0.05, 0.1) is 4.90 Å². The largest absolute Gasteiger partial charge is 0.410 e. The Bertz CT molecular complexity index is 906. The molecule has 1 aromatic carbocycles. The third-order valence-corrected chi connectivity index (χ3v) is 6.12. The summed E-state index contributed by atoms with van der Waals surface area (Å²) >= 11 is 0. The average Bonchev–Trinajstić information content (AvgIpc) is 3.07. The maximum Gasteiger partial charge on any atom is 0.410 e. The van der Waals surface area contributed by atoms with Crippen LogP contribution in [0, 0.1) is 6.92 Å².